The third-order valence-electron chi connectivity index (χ3n) is 4.76. The highest BCUT2D eigenvalue weighted by atomic mass is 79.9. The number of anilines is 2. The second-order valence-electron chi connectivity index (χ2n) is 6.86. The monoisotopic (exact) mass is 501 g/mol. The maximum Gasteiger partial charge on any atom is 0.236 e. The highest BCUT2D eigenvalue weighted by Crippen LogP contribution is 2.28. The Bertz CT molecular complexity index is 1050. The van der Waals surface area contributed by atoms with Crippen LogP contribution in [-0.4, -0.2) is 34.8 Å². The number of thiazole rings is 1. The van der Waals surface area contributed by atoms with E-state index in [1.807, 2.05) is 52.7 Å². The summed E-state index contributed by atoms with van der Waals surface area (Å²) < 4.78 is 1.01. The van der Waals surface area contributed by atoms with E-state index in [9.17, 15) is 9.59 Å². The molecule has 0 radical (unpaired) electrons. The van der Waals surface area contributed by atoms with E-state index in [-0.39, 0.29) is 23.3 Å². The Kier molecular flexibility index (Phi) is 6.86. The summed E-state index contributed by atoms with van der Waals surface area (Å²) in [5.74, 6) is 0.397. The van der Waals surface area contributed by atoms with Gasteiger partial charge >= 0.3 is 0 Å². The first-order valence-corrected chi connectivity index (χ1v) is 12.4. The number of nitrogens with one attached hydrogen (secondary N) is 1. The van der Waals surface area contributed by atoms with Crippen molar-refractivity contribution in [2.75, 3.05) is 28.3 Å². The van der Waals surface area contributed by atoms with Gasteiger partial charge in [-0.3, -0.25) is 9.59 Å². The van der Waals surface area contributed by atoms with E-state index in [1.165, 1.54) is 28.7 Å². The normalized spacial score (nSPS) is 13.0. The van der Waals surface area contributed by atoms with E-state index >= 15 is 0 Å². The van der Waals surface area contributed by atoms with Crippen LogP contribution in [0.4, 0.5) is 10.8 Å². The molecule has 0 aliphatic carbocycles. The highest BCUT2D eigenvalue weighted by Gasteiger charge is 2.22. The number of nitrogens with zero attached hydrogens (tertiary/aromatic N) is 2. The molecule has 0 atom stereocenters. The molecule has 0 unspecified atom stereocenters. The van der Waals surface area contributed by atoms with E-state index in [0.29, 0.717) is 5.13 Å². The van der Waals surface area contributed by atoms with Gasteiger partial charge in [-0.05, 0) is 36.6 Å². The lowest BCUT2D eigenvalue weighted by Crippen LogP contribution is -2.36. The summed E-state index contributed by atoms with van der Waals surface area (Å²) in [6.07, 6.45) is 1.98. The summed E-state index contributed by atoms with van der Waals surface area (Å²) in [4.78, 5) is 31.2. The van der Waals surface area contributed by atoms with Crippen molar-refractivity contribution in [3.05, 3.63) is 63.9 Å². The lowest BCUT2D eigenvalue weighted by Gasteiger charge is -2.29. The van der Waals surface area contributed by atoms with Crippen LogP contribution in [0.3, 0.4) is 0 Å². The molecule has 30 heavy (non-hydrogen) atoms. The molecule has 0 saturated carbocycles. The van der Waals surface area contributed by atoms with Gasteiger partial charge in [-0.25, -0.2) is 4.98 Å². The average molecular weight is 502 g/mol. The van der Waals surface area contributed by atoms with Gasteiger partial charge < -0.3 is 10.2 Å². The van der Waals surface area contributed by atoms with Crippen LogP contribution in [0.2, 0.25) is 0 Å². The van der Waals surface area contributed by atoms with Gasteiger partial charge in [-0.1, -0.05) is 46.3 Å². The van der Waals surface area contributed by atoms with Crippen molar-refractivity contribution in [3.8, 4) is 11.3 Å². The molecule has 1 N–H and O–H groups in total. The van der Waals surface area contributed by atoms with Crippen LogP contribution in [-0.2, 0) is 16.0 Å². The van der Waals surface area contributed by atoms with Crippen molar-refractivity contribution in [2.24, 2.45) is 0 Å². The molecule has 8 heteroatoms. The fraction of sp³-hybridized carbons (Fsp3) is 0.227. The first kappa shape index (κ1) is 21.1. The Morgan fingerprint density at radius 3 is 2.77 bits per heavy atom. The van der Waals surface area contributed by atoms with Crippen LogP contribution in [0.1, 0.15) is 12.0 Å². The van der Waals surface area contributed by atoms with Gasteiger partial charge in [0.1, 0.15) is 0 Å². The smallest absolute Gasteiger partial charge is 0.236 e. The Morgan fingerprint density at radius 1 is 1.13 bits per heavy atom. The summed E-state index contributed by atoms with van der Waals surface area (Å²) in [6, 6.07) is 15.9. The number of hydrogen-bond donors (Lipinski definition) is 1. The molecule has 0 saturated heterocycles. The van der Waals surface area contributed by atoms with E-state index < -0.39 is 0 Å². The molecule has 2 aromatic carbocycles. The van der Waals surface area contributed by atoms with Gasteiger partial charge in [0.15, 0.2) is 5.13 Å². The number of hydrogen-bond acceptors (Lipinski definition) is 5. The van der Waals surface area contributed by atoms with Gasteiger partial charge in [0.05, 0.1) is 17.2 Å². The van der Waals surface area contributed by atoms with Gasteiger partial charge in [0, 0.05) is 27.6 Å². The third-order valence-corrected chi connectivity index (χ3v) is 6.96. The van der Waals surface area contributed by atoms with E-state index in [0.717, 1.165) is 40.8 Å². The van der Waals surface area contributed by atoms with Gasteiger partial charge in [0.25, 0.3) is 0 Å². The van der Waals surface area contributed by atoms with Crippen LogP contribution in [0.5, 0.6) is 0 Å². The maximum atomic E-state index is 12.6. The second kappa shape index (κ2) is 9.76. The predicted octanol–water partition coefficient (Wildman–Crippen LogP) is 5.22. The molecular weight excluding hydrogens is 482 g/mol. The number of amides is 2. The molecule has 0 spiro atoms. The third kappa shape index (κ3) is 5.11. The molecule has 0 bridgehead atoms. The molecule has 154 valence electrons. The van der Waals surface area contributed by atoms with Crippen LogP contribution in [0.15, 0.2) is 58.4 Å². The fourth-order valence-electron chi connectivity index (χ4n) is 3.34. The molecule has 1 aromatic heterocycles. The number of carbonyl (C=O) groups excluding carboxylic acids is 2. The number of para-hydroxylation sites is 1. The quantitative estimate of drug-likeness (QED) is 0.502. The van der Waals surface area contributed by atoms with Gasteiger partial charge in [0.2, 0.25) is 11.8 Å². The van der Waals surface area contributed by atoms with Crippen molar-refractivity contribution in [1.29, 1.82) is 0 Å². The number of carbonyl (C=O) groups is 2. The summed E-state index contributed by atoms with van der Waals surface area (Å²) in [7, 11) is 0. The molecule has 0 fully saturated rings. The van der Waals surface area contributed by atoms with Crippen molar-refractivity contribution < 1.29 is 9.59 Å². The number of aryl methyl sites for hydroxylation is 1. The number of rotatable bonds is 6. The van der Waals surface area contributed by atoms with Crippen molar-refractivity contribution in [3.63, 3.8) is 0 Å². The molecule has 5 nitrogen and oxygen atoms in total. The Morgan fingerprint density at radius 2 is 1.93 bits per heavy atom. The average Bonchev–Trinajstić information content (AvgIpc) is 3.22. The number of fused-ring (bicyclic) bond motifs is 1. The minimum Gasteiger partial charge on any atom is -0.311 e. The summed E-state index contributed by atoms with van der Waals surface area (Å²) in [5, 5.41) is 5.31. The maximum absolute atomic E-state index is 12.6. The topological polar surface area (TPSA) is 62.3 Å². The lowest BCUT2D eigenvalue weighted by molar-refractivity contribution is -0.116. The highest BCUT2D eigenvalue weighted by molar-refractivity contribution is 9.10. The Hall–Kier alpha value is -2.16. The number of benzene rings is 2. The van der Waals surface area contributed by atoms with Crippen LogP contribution >= 0.6 is 39.0 Å². The minimum atomic E-state index is -0.149. The Balaban J connectivity index is 1.27. The van der Waals surface area contributed by atoms with Crippen LogP contribution in [0, 0.1) is 0 Å². The number of aromatic nitrogens is 1. The summed E-state index contributed by atoms with van der Waals surface area (Å²) in [6.45, 7) is 0.737. The van der Waals surface area contributed by atoms with Crippen LogP contribution in [0.25, 0.3) is 11.3 Å². The zero-order valence-electron chi connectivity index (χ0n) is 16.1. The van der Waals surface area contributed by atoms with Crippen LogP contribution < -0.4 is 10.2 Å². The fourth-order valence-corrected chi connectivity index (χ4v) is 5.03. The van der Waals surface area contributed by atoms with Gasteiger partial charge in [-0.15, -0.1) is 23.1 Å². The molecule has 2 amide bonds. The van der Waals surface area contributed by atoms with Crippen molar-refractivity contribution in [1.82, 2.24) is 4.98 Å². The van der Waals surface area contributed by atoms with Crippen molar-refractivity contribution in [2.45, 2.75) is 12.8 Å². The largest absolute Gasteiger partial charge is 0.311 e. The SMILES string of the molecule is O=C(CSCC(=O)N1CCCc2ccccc21)Nc1nc(-c2ccc(Br)cc2)cs1. The standard InChI is InChI=1S/C22H20BrN3O2S2/c23-17-9-7-15(8-10-17)18-12-30-22(24-18)25-20(27)13-29-14-21(28)26-11-3-5-16-4-1-2-6-19(16)26/h1-2,4,6-10,12H,3,5,11,13-14H2,(H,24,25,27). The zero-order chi connectivity index (χ0) is 20.9. The molecule has 1 aliphatic rings. The molecule has 2 heterocycles. The first-order chi connectivity index (χ1) is 14.6. The van der Waals surface area contributed by atoms with Crippen molar-refractivity contribution >= 4 is 61.7 Å². The number of thioether (sulfide) groups is 1. The lowest BCUT2D eigenvalue weighted by atomic mass is 10.0. The summed E-state index contributed by atoms with van der Waals surface area (Å²) in [5.41, 5.74) is 4.04. The van der Waals surface area contributed by atoms with E-state index in [4.69, 9.17) is 0 Å². The van der Waals surface area contributed by atoms with E-state index in [2.05, 4.69) is 32.3 Å². The first-order valence-electron chi connectivity index (χ1n) is 9.57. The van der Waals surface area contributed by atoms with Gasteiger partial charge in [-0.2, -0.15) is 0 Å². The molecule has 4 rings (SSSR count). The summed E-state index contributed by atoms with van der Waals surface area (Å²) >= 11 is 6.14. The molecular formula is C22H20BrN3O2S2. The molecule has 1 aliphatic heterocycles. The molecule has 3 aromatic rings. The zero-order valence-corrected chi connectivity index (χ0v) is 19.4. The second-order valence-corrected chi connectivity index (χ2v) is 9.62. The predicted molar refractivity (Wildman–Crippen MR) is 128 cm³/mol. The number of halogens is 1. The Labute approximate surface area is 192 Å². The minimum absolute atomic E-state index is 0.0479. The van der Waals surface area contributed by atoms with E-state index in [1.54, 1.807) is 0 Å².